The summed E-state index contributed by atoms with van der Waals surface area (Å²) in [5.74, 6) is -0.234. The van der Waals surface area contributed by atoms with Crippen LogP contribution in [0.15, 0.2) is 36.4 Å². The quantitative estimate of drug-likeness (QED) is 0.662. The SMILES string of the molecule is Nc1c(O)cccc1OCc1c(F)cccc1Cl. The summed E-state index contributed by atoms with van der Waals surface area (Å²) in [6.45, 7) is -0.0564. The van der Waals surface area contributed by atoms with Crippen LogP contribution in [-0.2, 0) is 6.61 Å². The molecule has 2 aromatic rings. The number of benzene rings is 2. The predicted molar refractivity (Wildman–Crippen MR) is 68.3 cm³/mol. The first-order valence-electron chi connectivity index (χ1n) is 5.22. The van der Waals surface area contributed by atoms with Crippen LogP contribution in [0.4, 0.5) is 10.1 Å². The van der Waals surface area contributed by atoms with Crippen LogP contribution in [0.3, 0.4) is 0 Å². The third-order valence-corrected chi connectivity index (χ3v) is 2.83. The average molecular weight is 268 g/mol. The highest BCUT2D eigenvalue weighted by atomic mass is 35.5. The number of anilines is 1. The normalized spacial score (nSPS) is 10.3. The Balaban J connectivity index is 2.19. The van der Waals surface area contributed by atoms with Crippen molar-refractivity contribution in [2.45, 2.75) is 6.61 Å². The number of nitrogens with two attached hydrogens (primary N) is 1. The van der Waals surface area contributed by atoms with Crippen molar-refractivity contribution < 1.29 is 14.2 Å². The van der Waals surface area contributed by atoms with Crippen molar-refractivity contribution in [2.75, 3.05) is 5.73 Å². The van der Waals surface area contributed by atoms with Crippen molar-refractivity contribution in [3.8, 4) is 11.5 Å². The Kier molecular flexibility index (Phi) is 3.58. The highest BCUT2D eigenvalue weighted by molar-refractivity contribution is 6.31. The molecule has 0 fully saturated rings. The molecule has 5 heteroatoms. The van der Waals surface area contributed by atoms with Crippen molar-refractivity contribution in [2.24, 2.45) is 0 Å². The molecular weight excluding hydrogens is 257 g/mol. The van der Waals surface area contributed by atoms with Gasteiger partial charge in [0, 0.05) is 5.56 Å². The molecule has 94 valence electrons. The first-order chi connectivity index (χ1) is 8.59. The largest absolute Gasteiger partial charge is 0.506 e. The minimum atomic E-state index is -0.443. The zero-order valence-corrected chi connectivity index (χ0v) is 10.1. The van der Waals surface area contributed by atoms with Gasteiger partial charge in [-0.2, -0.15) is 0 Å². The molecule has 0 spiro atoms. The first kappa shape index (κ1) is 12.5. The topological polar surface area (TPSA) is 55.5 Å². The van der Waals surface area contributed by atoms with Crippen LogP contribution in [-0.4, -0.2) is 5.11 Å². The van der Waals surface area contributed by atoms with Crippen molar-refractivity contribution in [3.63, 3.8) is 0 Å². The lowest BCUT2D eigenvalue weighted by atomic mass is 10.2. The number of rotatable bonds is 3. The number of hydrogen-bond donors (Lipinski definition) is 2. The molecule has 0 saturated carbocycles. The van der Waals surface area contributed by atoms with E-state index in [-0.39, 0.29) is 34.4 Å². The fraction of sp³-hybridized carbons (Fsp3) is 0.0769. The predicted octanol–water partition coefficient (Wildman–Crippen LogP) is 3.35. The Hall–Kier alpha value is -1.94. The molecular formula is C13H11ClFNO2. The van der Waals surface area contributed by atoms with Gasteiger partial charge in [0.05, 0.1) is 5.02 Å². The molecule has 0 heterocycles. The van der Waals surface area contributed by atoms with Gasteiger partial charge in [-0.1, -0.05) is 23.7 Å². The van der Waals surface area contributed by atoms with Gasteiger partial charge >= 0.3 is 0 Å². The summed E-state index contributed by atoms with van der Waals surface area (Å²) >= 11 is 5.87. The van der Waals surface area contributed by atoms with Gasteiger partial charge in [0.15, 0.2) is 0 Å². The van der Waals surface area contributed by atoms with Crippen molar-refractivity contribution in [1.29, 1.82) is 0 Å². The maximum absolute atomic E-state index is 13.5. The second-order valence-corrected chi connectivity index (χ2v) is 4.09. The van der Waals surface area contributed by atoms with Gasteiger partial charge in [0.2, 0.25) is 0 Å². The van der Waals surface area contributed by atoms with E-state index in [4.69, 9.17) is 22.1 Å². The average Bonchev–Trinajstić information content (AvgIpc) is 2.33. The summed E-state index contributed by atoms with van der Waals surface area (Å²) in [7, 11) is 0. The smallest absolute Gasteiger partial charge is 0.146 e. The molecule has 0 aliphatic carbocycles. The molecule has 2 rings (SSSR count). The van der Waals surface area contributed by atoms with Gasteiger partial charge in [-0.25, -0.2) is 4.39 Å². The van der Waals surface area contributed by atoms with Gasteiger partial charge < -0.3 is 15.6 Å². The number of phenols is 1. The monoisotopic (exact) mass is 267 g/mol. The zero-order valence-electron chi connectivity index (χ0n) is 9.36. The Labute approximate surface area is 109 Å². The van der Waals surface area contributed by atoms with Crippen molar-refractivity contribution in [1.82, 2.24) is 0 Å². The fourth-order valence-corrected chi connectivity index (χ4v) is 1.70. The van der Waals surface area contributed by atoms with Crippen LogP contribution in [0.1, 0.15) is 5.56 Å². The van der Waals surface area contributed by atoms with E-state index < -0.39 is 5.82 Å². The summed E-state index contributed by atoms with van der Waals surface area (Å²) in [4.78, 5) is 0. The van der Waals surface area contributed by atoms with E-state index >= 15 is 0 Å². The van der Waals surface area contributed by atoms with Gasteiger partial charge in [-0.3, -0.25) is 0 Å². The molecule has 0 atom stereocenters. The second-order valence-electron chi connectivity index (χ2n) is 3.68. The Morgan fingerprint density at radius 1 is 1.22 bits per heavy atom. The lowest BCUT2D eigenvalue weighted by Crippen LogP contribution is -2.01. The van der Waals surface area contributed by atoms with Crippen LogP contribution in [0.5, 0.6) is 11.5 Å². The fourth-order valence-electron chi connectivity index (χ4n) is 1.48. The zero-order chi connectivity index (χ0) is 13.1. The Morgan fingerprint density at radius 2 is 1.94 bits per heavy atom. The van der Waals surface area contributed by atoms with E-state index in [0.29, 0.717) is 0 Å². The summed E-state index contributed by atoms with van der Waals surface area (Å²) in [5.41, 5.74) is 5.99. The first-order valence-corrected chi connectivity index (χ1v) is 5.60. The molecule has 0 radical (unpaired) electrons. The van der Waals surface area contributed by atoms with Crippen LogP contribution in [0.25, 0.3) is 0 Å². The molecule has 0 aliphatic rings. The number of phenolic OH excluding ortho intramolecular Hbond substituents is 1. The molecule has 3 nitrogen and oxygen atoms in total. The minimum Gasteiger partial charge on any atom is -0.506 e. The van der Waals surface area contributed by atoms with Crippen molar-refractivity contribution in [3.05, 3.63) is 52.8 Å². The molecule has 0 aliphatic heterocycles. The highest BCUT2D eigenvalue weighted by Crippen LogP contribution is 2.31. The minimum absolute atomic E-state index is 0.0564. The Bertz CT molecular complexity index is 555. The van der Waals surface area contributed by atoms with Crippen LogP contribution >= 0.6 is 11.6 Å². The van der Waals surface area contributed by atoms with Crippen LogP contribution in [0, 0.1) is 5.82 Å². The van der Waals surface area contributed by atoms with E-state index in [1.807, 2.05) is 0 Å². The van der Waals surface area contributed by atoms with E-state index in [1.165, 1.54) is 18.2 Å². The number of halogens is 2. The number of aromatic hydroxyl groups is 1. The lowest BCUT2D eigenvalue weighted by molar-refractivity contribution is 0.300. The van der Waals surface area contributed by atoms with Crippen molar-refractivity contribution >= 4 is 17.3 Å². The van der Waals surface area contributed by atoms with E-state index in [2.05, 4.69) is 0 Å². The summed E-state index contributed by atoms with van der Waals surface area (Å²) < 4.78 is 18.8. The number of nitrogen functional groups attached to an aromatic ring is 1. The lowest BCUT2D eigenvalue weighted by Gasteiger charge is -2.11. The maximum atomic E-state index is 13.5. The van der Waals surface area contributed by atoms with Gasteiger partial charge in [0.1, 0.15) is 29.6 Å². The standard InChI is InChI=1S/C13H11ClFNO2/c14-9-3-1-4-10(15)8(9)7-18-12-6-2-5-11(17)13(12)16/h1-6,17H,7,16H2. The highest BCUT2D eigenvalue weighted by Gasteiger charge is 2.10. The number of para-hydroxylation sites is 1. The van der Waals surface area contributed by atoms with Crippen LogP contribution in [0.2, 0.25) is 5.02 Å². The second kappa shape index (κ2) is 5.14. The maximum Gasteiger partial charge on any atom is 0.146 e. The molecule has 0 saturated heterocycles. The third kappa shape index (κ3) is 2.49. The summed E-state index contributed by atoms with van der Waals surface area (Å²) in [5, 5.41) is 9.69. The summed E-state index contributed by atoms with van der Waals surface area (Å²) in [6.07, 6.45) is 0. The van der Waals surface area contributed by atoms with Crippen LogP contribution < -0.4 is 10.5 Å². The van der Waals surface area contributed by atoms with E-state index in [9.17, 15) is 9.50 Å². The number of hydrogen-bond acceptors (Lipinski definition) is 3. The number of ether oxygens (including phenoxy) is 1. The molecule has 0 aromatic heterocycles. The van der Waals surface area contributed by atoms with E-state index in [0.717, 1.165) is 0 Å². The molecule has 2 aromatic carbocycles. The molecule has 0 unspecified atom stereocenters. The van der Waals surface area contributed by atoms with Gasteiger partial charge in [-0.15, -0.1) is 0 Å². The Morgan fingerprint density at radius 3 is 2.67 bits per heavy atom. The molecule has 18 heavy (non-hydrogen) atoms. The van der Waals surface area contributed by atoms with E-state index in [1.54, 1.807) is 18.2 Å². The van der Waals surface area contributed by atoms with Gasteiger partial charge in [0.25, 0.3) is 0 Å². The summed E-state index contributed by atoms with van der Waals surface area (Å²) in [6, 6.07) is 9.02. The third-order valence-electron chi connectivity index (χ3n) is 2.48. The van der Waals surface area contributed by atoms with Gasteiger partial charge in [-0.05, 0) is 24.3 Å². The molecule has 3 N–H and O–H groups in total. The molecule has 0 bridgehead atoms. The molecule has 0 amide bonds.